The quantitative estimate of drug-likeness (QED) is 0.177. The molecule has 0 aliphatic rings. The second kappa shape index (κ2) is 12.0. The van der Waals surface area contributed by atoms with E-state index in [1.165, 1.54) is 99.2 Å². The lowest BCUT2D eigenvalue weighted by Gasteiger charge is -2.27. The predicted octanol–water partition coefficient (Wildman–Crippen LogP) is 17.0. The van der Waals surface area contributed by atoms with Gasteiger partial charge in [0, 0.05) is 73.0 Å². The molecule has 0 saturated carbocycles. The van der Waals surface area contributed by atoms with Crippen LogP contribution in [0.3, 0.4) is 0 Å². The molecule has 9 aromatic carbocycles. The van der Waals surface area contributed by atoms with Crippen molar-refractivity contribution in [3.05, 3.63) is 176 Å². The van der Waals surface area contributed by atoms with Gasteiger partial charge >= 0.3 is 0 Å². The Morgan fingerprint density at radius 1 is 0.351 bits per heavy atom. The van der Waals surface area contributed by atoms with Crippen molar-refractivity contribution in [3.63, 3.8) is 0 Å². The molecular formula is C52H29NOS3. The monoisotopic (exact) mass is 779 g/mol. The van der Waals surface area contributed by atoms with E-state index < -0.39 is 0 Å². The predicted molar refractivity (Wildman–Crippen MR) is 250 cm³/mol. The van der Waals surface area contributed by atoms with Crippen LogP contribution in [0.5, 0.6) is 0 Å². The molecule has 57 heavy (non-hydrogen) atoms. The van der Waals surface area contributed by atoms with Gasteiger partial charge in [-0.2, -0.15) is 0 Å². The third-order valence-electron chi connectivity index (χ3n) is 11.7. The fraction of sp³-hybridized carbons (Fsp3) is 0. The van der Waals surface area contributed by atoms with E-state index >= 15 is 0 Å². The zero-order valence-electron chi connectivity index (χ0n) is 30.3. The molecule has 13 rings (SSSR count). The first kappa shape index (κ1) is 31.7. The lowest BCUT2D eigenvalue weighted by molar-refractivity contribution is 0.669. The van der Waals surface area contributed by atoms with Gasteiger partial charge in [0.2, 0.25) is 0 Å². The summed E-state index contributed by atoms with van der Waals surface area (Å²) in [5.41, 5.74) is 7.82. The van der Waals surface area contributed by atoms with Gasteiger partial charge in [-0.15, -0.1) is 34.0 Å². The zero-order chi connectivity index (χ0) is 37.2. The Morgan fingerprint density at radius 2 is 0.930 bits per heavy atom. The second-order valence-corrected chi connectivity index (χ2v) is 17.9. The summed E-state index contributed by atoms with van der Waals surface area (Å²) < 4.78 is 14.2. The Balaban J connectivity index is 1.05. The number of rotatable bonds is 4. The molecule has 0 atom stereocenters. The molecule has 0 spiro atoms. The molecule has 0 unspecified atom stereocenters. The maximum atomic E-state index is 6.41. The minimum atomic E-state index is 0.926. The SMILES string of the molecule is c1ccc2c(c1)oc1ccc3ccc4sc5cccc(-c6ccc(N(c7cccc8c7sc7ccccc78)c7cccc8c7sc7ccccc78)cc6)c5c4c3c12. The van der Waals surface area contributed by atoms with Gasteiger partial charge in [0.15, 0.2) is 0 Å². The maximum Gasteiger partial charge on any atom is 0.136 e. The maximum absolute atomic E-state index is 6.41. The Hall–Kier alpha value is -6.50. The third-order valence-corrected chi connectivity index (χ3v) is 15.2. The number of para-hydroxylation sites is 1. The van der Waals surface area contributed by atoms with Crippen molar-refractivity contribution in [2.24, 2.45) is 0 Å². The molecule has 0 aliphatic carbocycles. The molecule has 0 saturated heterocycles. The fourth-order valence-electron chi connectivity index (χ4n) is 9.19. The molecule has 266 valence electrons. The van der Waals surface area contributed by atoms with Crippen LogP contribution < -0.4 is 4.90 Å². The van der Waals surface area contributed by atoms with Gasteiger partial charge in [0.05, 0.1) is 20.8 Å². The highest BCUT2D eigenvalue weighted by molar-refractivity contribution is 7.27. The normalized spacial score (nSPS) is 12.2. The van der Waals surface area contributed by atoms with E-state index in [1.807, 2.05) is 34.0 Å². The minimum absolute atomic E-state index is 0.926. The van der Waals surface area contributed by atoms with Crippen LogP contribution in [-0.2, 0) is 0 Å². The van der Waals surface area contributed by atoms with E-state index in [0.717, 1.165) is 22.2 Å². The number of furan rings is 1. The standard InChI is InChI=1S/C52H29NOS3/c1-4-18-41-38(12-1)48-42(54-41)28-24-31-25-29-46-50(47(31)48)49-33(13-9-21-45(49)55-46)30-22-26-32(27-23-30)53(39-16-7-14-36-34-10-2-5-19-43(34)56-51(36)39)40-17-8-15-37-35-11-3-6-20-44(35)57-52(37)40/h1-29H. The number of anilines is 3. The Kier molecular flexibility index (Phi) is 6.67. The highest BCUT2D eigenvalue weighted by Gasteiger charge is 2.23. The molecule has 0 N–H and O–H groups in total. The Morgan fingerprint density at radius 3 is 1.65 bits per heavy atom. The van der Waals surface area contributed by atoms with E-state index in [0.29, 0.717) is 0 Å². The molecule has 5 heteroatoms. The van der Waals surface area contributed by atoms with E-state index in [-0.39, 0.29) is 0 Å². The van der Waals surface area contributed by atoms with E-state index in [1.54, 1.807) is 0 Å². The Bertz CT molecular complexity index is 3650. The summed E-state index contributed by atoms with van der Waals surface area (Å²) >= 11 is 5.63. The van der Waals surface area contributed by atoms with Crippen LogP contribution in [0.2, 0.25) is 0 Å². The number of hydrogen-bond acceptors (Lipinski definition) is 5. The van der Waals surface area contributed by atoms with Crippen molar-refractivity contribution in [1.82, 2.24) is 0 Å². The van der Waals surface area contributed by atoms with Crippen molar-refractivity contribution in [3.8, 4) is 11.1 Å². The average molecular weight is 780 g/mol. The summed E-state index contributed by atoms with van der Waals surface area (Å²) in [6.07, 6.45) is 0. The van der Waals surface area contributed by atoms with Crippen LogP contribution in [0.1, 0.15) is 0 Å². The molecule has 4 heterocycles. The van der Waals surface area contributed by atoms with Crippen LogP contribution in [0.4, 0.5) is 17.1 Å². The number of benzene rings is 9. The number of nitrogens with zero attached hydrogens (tertiary/aromatic N) is 1. The smallest absolute Gasteiger partial charge is 0.136 e. The van der Waals surface area contributed by atoms with E-state index in [4.69, 9.17) is 4.42 Å². The first-order chi connectivity index (χ1) is 28.3. The van der Waals surface area contributed by atoms with Crippen molar-refractivity contribution >= 4 is 144 Å². The summed E-state index contributed by atoms with van der Waals surface area (Å²) in [4.78, 5) is 2.49. The third kappa shape index (κ3) is 4.56. The first-order valence-corrected chi connectivity index (χ1v) is 21.6. The van der Waals surface area contributed by atoms with Gasteiger partial charge in [-0.1, -0.05) is 115 Å². The van der Waals surface area contributed by atoms with Crippen molar-refractivity contribution in [1.29, 1.82) is 0 Å². The molecule has 0 fully saturated rings. The van der Waals surface area contributed by atoms with Crippen LogP contribution in [0.15, 0.2) is 180 Å². The van der Waals surface area contributed by atoms with Crippen LogP contribution in [0, 0.1) is 0 Å². The van der Waals surface area contributed by atoms with E-state index in [9.17, 15) is 0 Å². The molecular weight excluding hydrogens is 751 g/mol. The largest absolute Gasteiger partial charge is 0.456 e. The highest BCUT2D eigenvalue weighted by Crippen LogP contribution is 2.50. The molecule has 0 radical (unpaired) electrons. The van der Waals surface area contributed by atoms with Gasteiger partial charge in [-0.05, 0) is 77.2 Å². The van der Waals surface area contributed by atoms with Crippen LogP contribution in [-0.4, -0.2) is 0 Å². The fourth-order valence-corrected chi connectivity index (χ4v) is 12.7. The van der Waals surface area contributed by atoms with Crippen LogP contribution in [0.25, 0.3) is 104 Å². The van der Waals surface area contributed by atoms with Gasteiger partial charge in [0.25, 0.3) is 0 Å². The van der Waals surface area contributed by atoms with Crippen molar-refractivity contribution in [2.75, 3.05) is 4.90 Å². The summed E-state index contributed by atoms with van der Waals surface area (Å²) in [6.45, 7) is 0. The summed E-state index contributed by atoms with van der Waals surface area (Å²) in [5.74, 6) is 0. The number of fused-ring (bicyclic) bond motifs is 15. The number of hydrogen-bond donors (Lipinski definition) is 0. The van der Waals surface area contributed by atoms with Crippen molar-refractivity contribution < 1.29 is 4.42 Å². The molecule has 4 aromatic heterocycles. The zero-order valence-corrected chi connectivity index (χ0v) is 32.8. The molecule has 2 nitrogen and oxygen atoms in total. The second-order valence-electron chi connectivity index (χ2n) is 14.7. The topological polar surface area (TPSA) is 16.4 Å². The summed E-state index contributed by atoms with van der Waals surface area (Å²) in [7, 11) is 0. The number of thiophene rings is 3. The average Bonchev–Trinajstić information content (AvgIpc) is 4.04. The lowest BCUT2D eigenvalue weighted by atomic mass is 9.94. The van der Waals surface area contributed by atoms with Crippen LogP contribution >= 0.6 is 34.0 Å². The summed E-state index contributed by atoms with van der Waals surface area (Å²) in [5, 5.41) is 12.7. The summed E-state index contributed by atoms with van der Waals surface area (Å²) in [6, 6.07) is 64.6. The van der Waals surface area contributed by atoms with Gasteiger partial charge in [-0.3, -0.25) is 0 Å². The first-order valence-electron chi connectivity index (χ1n) is 19.2. The minimum Gasteiger partial charge on any atom is -0.456 e. The van der Waals surface area contributed by atoms with Gasteiger partial charge < -0.3 is 9.32 Å². The molecule has 0 bridgehead atoms. The lowest BCUT2D eigenvalue weighted by Crippen LogP contribution is -2.10. The molecule has 13 aromatic rings. The van der Waals surface area contributed by atoms with Crippen molar-refractivity contribution in [2.45, 2.75) is 0 Å². The van der Waals surface area contributed by atoms with Gasteiger partial charge in [-0.25, -0.2) is 0 Å². The van der Waals surface area contributed by atoms with Gasteiger partial charge in [0.1, 0.15) is 11.2 Å². The molecule has 0 amide bonds. The van der Waals surface area contributed by atoms with E-state index in [2.05, 4.69) is 181 Å². The molecule has 0 aliphatic heterocycles. The highest BCUT2D eigenvalue weighted by atomic mass is 32.1. The Labute approximate surface area is 338 Å².